The minimum atomic E-state index is -3.39. The number of sulfonamides is 1. The lowest BCUT2D eigenvalue weighted by Gasteiger charge is -2.36. The molecule has 0 atom stereocenters. The summed E-state index contributed by atoms with van der Waals surface area (Å²) in [6.45, 7) is 1.97. The van der Waals surface area contributed by atoms with Gasteiger partial charge in [-0.1, -0.05) is 0 Å². The predicted molar refractivity (Wildman–Crippen MR) is 150 cm³/mol. The van der Waals surface area contributed by atoms with Crippen LogP contribution in [-0.2, 0) is 30.7 Å². The van der Waals surface area contributed by atoms with Gasteiger partial charge in [-0.2, -0.15) is 10.2 Å². The largest absolute Gasteiger partial charge is 0.371 e. The fraction of sp³-hybridized carbons (Fsp3) is 0.423. The van der Waals surface area contributed by atoms with Crippen LogP contribution in [0.3, 0.4) is 0 Å². The molecule has 3 heterocycles. The average Bonchev–Trinajstić information content (AvgIpc) is 3.42. The molecule has 2 aromatic heterocycles. The third kappa shape index (κ3) is 5.38. The number of rotatable bonds is 7. The third-order valence-electron chi connectivity index (χ3n) is 7.13. The van der Waals surface area contributed by atoms with Crippen molar-refractivity contribution in [2.75, 3.05) is 43.7 Å². The molecule has 12 heteroatoms. The van der Waals surface area contributed by atoms with Crippen molar-refractivity contribution in [1.29, 1.82) is 0 Å². The average molecular weight is 539 g/mol. The highest BCUT2D eigenvalue weighted by Crippen LogP contribution is 2.32. The van der Waals surface area contributed by atoms with E-state index in [0.717, 1.165) is 48.6 Å². The molecule has 11 nitrogen and oxygen atoms in total. The Labute approximate surface area is 222 Å². The molecule has 0 saturated carbocycles. The number of fused-ring (bicyclic) bond motifs is 2. The van der Waals surface area contributed by atoms with Crippen LogP contribution in [-0.4, -0.2) is 78.3 Å². The van der Waals surface area contributed by atoms with E-state index in [1.807, 2.05) is 37.6 Å². The zero-order valence-corrected chi connectivity index (χ0v) is 23.2. The van der Waals surface area contributed by atoms with E-state index in [1.165, 1.54) is 0 Å². The summed E-state index contributed by atoms with van der Waals surface area (Å²) in [4.78, 5) is 18.2. The van der Waals surface area contributed by atoms with Crippen molar-refractivity contribution in [2.45, 2.75) is 25.4 Å². The summed E-state index contributed by atoms with van der Waals surface area (Å²) in [7, 11) is 4.53. The normalized spacial score (nSPS) is 15.2. The number of aryl methyl sites for hydroxylation is 2. The van der Waals surface area contributed by atoms with Gasteiger partial charge in [0.05, 0.1) is 17.3 Å². The first-order valence-electron chi connectivity index (χ1n) is 12.6. The van der Waals surface area contributed by atoms with E-state index in [2.05, 4.69) is 44.1 Å². The Morgan fingerprint density at radius 3 is 2.42 bits per heavy atom. The van der Waals surface area contributed by atoms with Crippen molar-refractivity contribution in [1.82, 2.24) is 29.2 Å². The Hall–Kier alpha value is -3.48. The number of amides is 1. The number of carbonyl (C=O) groups is 1. The summed E-state index contributed by atoms with van der Waals surface area (Å²) in [5.74, 6) is -0.281. The van der Waals surface area contributed by atoms with Gasteiger partial charge < -0.3 is 15.1 Å². The standard InChI is InChI=1S/C26H34N8O3S/c1-31(2)20-8-10-34(11-9-20)23-7-6-21(25-22(23)16-33(4)30-25)26(35)28-19-12-17(14-27-38(5,36)37)24-18(13-19)15-32(3)29-24/h6-7,12-13,15-16,20,27H,8-11,14H2,1-5H3,(H,28,35). The van der Waals surface area contributed by atoms with E-state index in [1.54, 1.807) is 22.5 Å². The Balaban J connectivity index is 1.44. The van der Waals surface area contributed by atoms with Crippen LogP contribution in [0, 0.1) is 0 Å². The fourth-order valence-electron chi connectivity index (χ4n) is 5.23. The van der Waals surface area contributed by atoms with Crippen LogP contribution in [0.4, 0.5) is 11.4 Å². The van der Waals surface area contributed by atoms with Crippen LogP contribution in [0.5, 0.6) is 0 Å². The van der Waals surface area contributed by atoms with E-state index in [-0.39, 0.29) is 12.5 Å². The molecule has 202 valence electrons. The molecule has 0 unspecified atom stereocenters. The maximum Gasteiger partial charge on any atom is 0.257 e. The van der Waals surface area contributed by atoms with E-state index >= 15 is 0 Å². The van der Waals surface area contributed by atoms with Crippen LogP contribution >= 0.6 is 0 Å². The molecule has 0 spiro atoms. The highest BCUT2D eigenvalue weighted by Gasteiger charge is 2.24. The summed E-state index contributed by atoms with van der Waals surface area (Å²) in [6.07, 6.45) is 7.09. The van der Waals surface area contributed by atoms with E-state index in [0.29, 0.717) is 33.9 Å². The van der Waals surface area contributed by atoms with Crippen LogP contribution in [0.2, 0.25) is 0 Å². The molecule has 1 amide bonds. The molecule has 1 fully saturated rings. The lowest BCUT2D eigenvalue weighted by Crippen LogP contribution is -2.42. The number of hydrogen-bond donors (Lipinski definition) is 2. The van der Waals surface area contributed by atoms with Crippen molar-refractivity contribution in [3.63, 3.8) is 0 Å². The van der Waals surface area contributed by atoms with Crippen LogP contribution in [0.15, 0.2) is 36.7 Å². The molecule has 1 saturated heterocycles. The van der Waals surface area contributed by atoms with Crippen molar-refractivity contribution < 1.29 is 13.2 Å². The molecule has 1 aliphatic heterocycles. The minimum absolute atomic E-state index is 0.0692. The second-order valence-corrected chi connectivity index (χ2v) is 12.1. The number of anilines is 2. The molecule has 0 bridgehead atoms. The highest BCUT2D eigenvalue weighted by atomic mass is 32.2. The Morgan fingerprint density at radius 1 is 1.05 bits per heavy atom. The third-order valence-corrected chi connectivity index (χ3v) is 7.80. The molecule has 4 aromatic rings. The zero-order valence-electron chi connectivity index (χ0n) is 22.4. The number of nitrogens with zero attached hydrogens (tertiary/aromatic N) is 6. The monoisotopic (exact) mass is 538 g/mol. The van der Waals surface area contributed by atoms with Crippen molar-refractivity contribution in [3.05, 3.63) is 47.8 Å². The molecular formula is C26H34N8O3S. The van der Waals surface area contributed by atoms with Crippen LogP contribution in [0.25, 0.3) is 21.8 Å². The molecule has 0 aliphatic carbocycles. The molecule has 0 radical (unpaired) electrons. The number of nitrogens with one attached hydrogen (secondary N) is 2. The van der Waals surface area contributed by atoms with Gasteiger partial charge in [0.25, 0.3) is 5.91 Å². The molecule has 1 aliphatic rings. The van der Waals surface area contributed by atoms with Crippen LogP contribution in [0.1, 0.15) is 28.8 Å². The minimum Gasteiger partial charge on any atom is -0.371 e. The Kier molecular flexibility index (Phi) is 6.88. The number of benzene rings is 2. The zero-order chi connectivity index (χ0) is 27.2. The Bertz CT molecular complexity index is 1610. The van der Waals surface area contributed by atoms with Crippen molar-refractivity contribution in [3.8, 4) is 0 Å². The first kappa shape index (κ1) is 26.1. The second-order valence-electron chi connectivity index (χ2n) is 10.3. The van der Waals surface area contributed by atoms with Gasteiger partial charge in [-0.05, 0) is 56.8 Å². The van der Waals surface area contributed by atoms with Crippen molar-refractivity contribution >= 4 is 49.1 Å². The smallest absolute Gasteiger partial charge is 0.257 e. The van der Waals surface area contributed by atoms with Gasteiger partial charge in [0.2, 0.25) is 10.0 Å². The van der Waals surface area contributed by atoms with Gasteiger partial charge in [-0.15, -0.1) is 0 Å². The lowest BCUT2D eigenvalue weighted by atomic mass is 10.0. The maximum atomic E-state index is 13.5. The summed E-state index contributed by atoms with van der Waals surface area (Å²) < 4.78 is 29.3. The van der Waals surface area contributed by atoms with Gasteiger partial charge in [-0.3, -0.25) is 14.2 Å². The summed E-state index contributed by atoms with van der Waals surface area (Å²) in [6, 6.07) is 8.02. The lowest BCUT2D eigenvalue weighted by molar-refractivity contribution is 0.102. The molecule has 5 rings (SSSR count). The Morgan fingerprint density at radius 2 is 1.74 bits per heavy atom. The van der Waals surface area contributed by atoms with Crippen molar-refractivity contribution in [2.24, 2.45) is 14.1 Å². The van der Waals surface area contributed by atoms with E-state index in [4.69, 9.17) is 0 Å². The molecule has 2 aromatic carbocycles. The predicted octanol–water partition coefficient (Wildman–Crippen LogP) is 2.29. The van der Waals surface area contributed by atoms with Gasteiger partial charge in [0.1, 0.15) is 5.52 Å². The topological polar surface area (TPSA) is 117 Å². The number of piperidine rings is 1. The van der Waals surface area contributed by atoms with Gasteiger partial charge in [0, 0.05) is 74.3 Å². The highest BCUT2D eigenvalue weighted by molar-refractivity contribution is 7.88. The quantitative estimate of drug-likeness (QED) is 0.371. The van der Waals surface area contributed by atoms with Gasteiger partial charge >= 0.3 is 0 Å². The van der Waals surface area contributed by atoms with Gasteiger partial charge in [0.15, 0.2) is 0 Å². The van der Waals surface area contributed by atoms with E-state index in [9.17, 15) is 13.2 Å². The molecule has 38 heavy (non-hydrogen) atoms. The summed E-state index contributed by atoms with van der Waals surface area (Å²) >= 11 is 0. The molecular weight excluding hydrogens is 504 g/mol. The van der Waals surface area contributed by atoms with Crippen LogP contribution < -0.4 is 14.9 Å². The second kappa shape index (κ2) is 10.0. The van der Waals surface area contributed by atoms with E-state index < -0.39 is 10.0 Å². The first-order valence-corrected chi connectivity index (χ1v) is 14.5. The number of hydrogen-bond acceptors (Lipinski definition) is 7. The summed E-state index contributed by atoms with van der Waals surface area (Å²) in [5.41, 5.74) is 4.13. The molecule has 2 N–H and O–H groups in total. The number of carbonyl (C=O) groups excluding carboxylic acids is 1. The SMILES string of the molecule is CN(C)C1CCN(c2ccc(C(=O)Nc3cc(CNS(C)(=O)=O)c4nn(C)cc4c3)c3nn(C)cc23)CC1. The maximum absolute atomic E-state index is 13.5. The number of aromatic nitrogens is 4. The van der Waals surface area contributed by atoms with Gasteiger partial charge in [-0.25, -0.2) is 13.1 Å². The first-order chi connectivity index (χ1) is 18.0. The summed E-state index contributed by atoms with van der Waals surface area (Å²) in [5, 5.41) is 13.8. The fourth-order valence-corrected chi connectivity index (χ4v) is 5.65.